The molecule has 0 bridgehead atoms. The van der Waals surface area contributed by atoms with Gasteiger partial charge in [-0.25, -0.2) is 9.97 Å². The highest BCUT2D eigenvalue weighted by atomic mass is 32.1. The van der Waals surface area contributed by atoms with E-state index in [1.807, 2.05) is 5.38 Å². The third kappa shape index (κ3) is 2.43. The molecule has 0 radical (unpaired) electrons. The smallest absolute Gasteiger partial charge is 0.180 e. The van der Waals surface area contributed by atoms with Crippen LogP contribution in [0.15, 0.2) is 22.9 Å². The van der Waals surface area contributed by atoms with Crippen LogP contribution in [0, 0.1) is 0 Å². The Morgan fingerprint density at radius 2 is 2.05 bits per heavy atom. The standard InChI is InChI=1S/C13H13N3S3/c1-7(2)10-11(8-6-18-13(14)15-8)19-12(16-10)9-4-3-5-17-9/h3-7H,1-2H3,(H2,14,15). The molecule has 19 heavy (non-hydrogen) atoms. The molecule has 0 fully saturated rings. The van der Waals surface area contributed by atoms with Crippen molar-refractivity contribution in [3.8, 4) is 20.5 Å². The Bertz CT molecular complexity index is 680. The van der Waals surface area contributed by atoms with E-state index in [-0.39, 0.29) is 0 Å². The molecule has 0 saturated carbocycles. The van der Waals surface area contributed by atoms with Gasteiger partial charge in [0, 0.05) is 5.38 Å². The van der Waals surface area contributed by atoms with Crippen LogP contribution >= 0.6 is 34.0 Å². The van der Waals surface area contributed by atoms with E-state index >= 15 is 0 Å². The third-order valence-electron chi connectivity index (χ3n) is 2.69. The number of anilines is 1. The molecule has 3 rings (SSSR count). The summed E-state index contributed by atoms with van der Waals surface area (Å²) in [6, 6.07) is 4.16. The molecule has 3 aromatic rings. The number of thiophene rings is 1. The van der Waals surface area contributed by atoms with Crippen molar-refractivity contribution in [1.29, 1.82) is 0 Å². The van der Waals surface area contributed by atoms with Crippen LogP contribution < -0.4 is 5.73 Å². The zero-order valence-corrected chi connectivity index (χ0v) is 13.0. The fourth-order valence-electron chi connectivity index (χ4n) is 1.80. The van der Waals surface area contributed by atoms with E-state index in [0.717, 1.165) is 21.3 Å². The molecule has 0 amide bonds. The molecule has 0 aliphatic rings. The second kappa shape index (κ2) is 5.03. The largest absolute Gasteiger partial charge is 0.375 e. The molecule has 98 valence electrons. The van der Waals surface area contributed by atoms with E-state index < -0.39 is 0 Å². The molecule has 0 aliphatic carbocycles. The van der Waals surface area contributed by atoms with Gasteiger partial charge in [-0.15, -0.1) is 34.0 Å². The molecule has 0 spiro atoms. The molecular formula is C13H13N3S3. The van der Waals surface area contributed by atoms with Gasteiger partial charge in [0.05, 0.1) is 21.1 Å². The summed E-state index contributed by atoms with van der Waals surface area (Å²) in [6.07, 6.45) is 0. The quantitative estimate of drug-likeness (QED) is 0.763. The van der Waals surface area contributed by atoms with Crippen molar-refractivity contribution in [3.63, 3.8) is 0 Å². The highest BCUT2D eigenvalue weighted by Gasteiger charge is 2.18. The van der Waals surface area contributed by atoms with Gasteiger partial charge < -0.3 is 5.73 Å². The van der Waals surface area contributed by atoms with Crippen LogP contribution in [0.25, 0.3) is 20.5 Å². The van der Waals surface area contributed by atoms with Crippen molar-refractivity contribution < 1.29 is 0 Å². The van der Waals surface area contributed by atoms with Crippen LogP contribution in [0.3, 0.4) is 0 Å². The average molecular weight is 307 g/mol. The number of nitrogens with zero attached hydrogens (tertiary/aromatic N) is 2. The Balaban J connectivity index is 2.12. The summed E-state index contributed by atoms with van der Waals surface area (Å²) in [4.78, 5) is 11.5. The summed E-state index contributed by atoms with van der Waals surface area (Å²) in [7, 11) is 0. The summed E-state index contributed by atoms with van der Waals surface area (Å²) < 4.78 is 0. The van der Waals surface area contributed by atoms with Gasteiger partial charge in [0.1, 0.15) is 5.01 Å². The molecule has 3 nitrogen and oxygen atoms in total. The van der Waals surface area contributed by atoms with Gasteiger partial charge in [0.15, 0.2) is 5.13 Å². The van der Waals surface area contributed by atoms with E-state index in [4.69, 9.17) is 10.7 Å². The highest BCUT2D eigenvalue weighted by molar-refractivity contribution is 7.23. The Hall–Kier alpha value is -1.24. The molecule has 6 heteroatoms. The van der Waals surface area contributed by atoms with Crippen molar-refractivity contribution in [2.45, 2.75) is 19.8 Å². The van der Waals surface area contributed by atoms with Crippen LogP contribution in [0.1, 0.15) is 25.5 Å². The third-order valence-corrected chi connectivity index (χ3v) is 5.49. The number of thiazole rings is 2. The van der Waals surface area contributed by atoms with Crippen molar-refractivity contribution >= 4 is 39.1 Å². The molecule has 0 unspecified atom stereocenters. The van der Waals surface area contributed by atoms with Crippen LogP contribution in [0.2, 0.25) is 0 Å². The second-order valence-electron chi connectivity index (χ2n) is 4.44. The molecule has 0 aromatic carbocycles. The van der Waals surface area contributed by atoms with Crippen molar-refractivity contribution in [2.24, 2.45) is 0 Å². The Morgan fingerprint density at radius 1 is 1.21 bits per heavy atom. The number of rotatable bonds is 3. The number of nitrogens with two attached hydrogens (primary N) is 1. The molecule has 3 aromatic heterocycles. The Labute approximate surface area is 123 Å². The predicted octanol–water partition coefficient (Wildman–Crippen LogP) is 4.70. The zero-order valence-electron chi connectivity index (χ0n) is 10.6. The van der Waals surface area contributed by atoms with E-state index in [2.05, 4.69) is 36.3 Å². The summed E-state index contributed by atoms with van der Waals surface area (Å²) in [5.74, 6) is 0.378. The van der Waals surface area contributed by atoms with Gasteiger partial charge in [-0.2, -0.15) is 0 Å². The lowest BCUT2D eigenvalue weighted by molar-refractivity contribution is 0.836. The van der Waals surface area contributed by atoms with Crippen LogP contribution in [-0.4, -0.2) is 9.97 Å². The van der Waals surface area contributed by atoms with Gasteiger partial charge in [0.2, 0.25) is 0 Å². The van der Waals surface area contributed by atoms with E-state index in [1.54, 1.807) is 22.7 Å². The first-order valence-corrected chi connectivity index (χ1v) is 8.48. The fourth-order valence-corrected chi connectivity index (χ4v) is 4.41. The monoisotopic (exact) mass is 307 g/mol. The lowest BCUT2D eigenvalue weighted by Gasteiger charge is -2.02. The summed E-state index contributed by atoms with van der Waals surface area (Å²) in [5, 5.41) is 5.76. The fraction of sp³-hybridized carbons (Fsp3) is 0.231. The molecular weight excluding hydrogens is 294 g/mol. The van der Waals surface area contributed by atoms with Crippen molar-refractivity contribution in [2.75, 3.05) is 5.73 Å². The van der Waals surface area contributed by atoms with Crippen LogP contribution in [0.4, 0.5) is 5.13 Å². The van der Waals surface area contributed by atoms with Crippen LogP contribution in [-0.2, 0) is 0 Å². The highest BCUT2D eigenvalue weighted by Crippen LogP contribution is 2.40. The van der Waals surface area contributed by atoms with E-state index in [9.17, 15) is 0 Å². The maximum Gasteiger partial charge on any atom is 0.180 e. The minimum Gasteiger partial charge on any atom is -0.375 e. The number of nitrogen functional groups attached to an aromatic ring is 1. The number of hydrogen-bond acceptors (Lipinski definition) is 6. The van der Waals surface area contributed by atoms with Gasteiger partial charge in [-0.3, -0.25) is 0 Å². The first kappa shape index (κ1) is 12.8. The predicted molar refractivity (Wildman–Crippen MR) is 85.0 cm³/mol. The Morgan fingerprint density at radius 3 is 2.63 bits per heavy atom. The zero-order chi connectivity index (χ0) is 13.4. The second-order valence-corrected chi connectivity index (χ2v) is 7.27. The summed E-state index contributed by atoms with van der Waals surface area (Å²) in [5.41, 5.74) is 7.80. The topological polar surface area (TPSA) is 51.8 Å². The van der Waals surface area contributed by atoms with Crippen molar-refractivity contribution in [1.82, 2.24) is 9.97 Å². The lowest BCUT2D eigenvalue weighted by Crippen LogP contribution is -1.91. The van der Waals surface area contributed by atoms with Gasteiger partial charge in [0.25, 0.3) is 0 Å². The summed E-state index contributed by atoms with van der Waals surface area (Å²) in [6.45, 7) is 4.32. The number of aromatic nitrogens is 2. The normalized spacial score (nSPS) is 11.3. The van der Waals surface area contributed by atoms with Gasteiger partial charge in [-0.1, -0.05) is 19.9 Å². The molecule has 3 heterocycles. The Kier molecular flexibility index (Phi) is 3.38. The molecule has 0 saturated heterocycles. The molecule has 0 aliphatic heterocycles. The minimum absolute atomic E-state index is 0.378. The van der Waals surface area contributed by atoms with Crippen molar-refractivity contribution in [3.05, 3.63) is 28.6 Å². The molecule has 2 N–H and O–H groups in total. The summed E-state index contributed by atoms with van der Waals surface area (Å²) >= 11 is 4.89. The maximum absolute atomic E-state index is 5.74. The maximum atomic E-state index is 5.74. The van der Waals surface area contributed by atoms with E-state index in [1.165, 1.54) is 16.2 Å². The lowest BCUT2D eigenvalue weighted by atomic mass is 10.1. The first-order valence-electron chi connectivity index (χ1n) is 5.91. The first-order chi connectivity index (χ1) is 9.15. The van der Waals surface area contributed by atoms with E-state index in [0.29, 0.717) is 11.0 Å². The average Bonchev–Trinajstić information content (AvgIpc) is 3.07. The number of hydrogen-bond donors (Lipinski definition) is 1. The minimum atomic E-state index is 0.378. The SMILES string of the molecule is CC(C)c1nc(-c2cccs2)sc1-c1csc(N)n1. The van der Waals surface area contributed by atoms with Gasteiger partial charge in [-0.05, 0) is 17.4 Å². The van der Waals surface area contributed by atoms with Gasteiger partial charge >= 0.3 is 0 Å². The van der Waals surface area contributed by atoms with Crippen LogP contribution in [0.5, 0.6) is 0 Å². The molecule has 0 atom stereocenters.